The van der Waals surface area contributed by atoms with Gasteiger partial charge < -0.3 is 10.2 Å². The molecule has 0 radical (unpaired) electrons. The smallest absolute Gasteiger partial charge is 0.255 e. The number of anilines is 2. The van der Waals surface area contributed by atoms with E-state index in [0.29, 0.717) is 17.7 Å². The Balaban J connectivity index is 1.74. The van der Waals surface area contributed by atoms with Gasteiger partial charge in [-0.05, 0) is 47.7 Å². The molecule has 2 amide bonds. The lowest BCUT2D eigenvalue weighted by molar-refractivity contribution is -0.117. The van der Waals surface area contributed by atoms with Crippen molar-refractivity contribution in [3.63, 3.8) is 0 Å². The summed E-state index contributed by atoms with van der Waals surface area (Å²) >= 11 is 0. The summed E-state index contributed by atoms with van der Waals surface area (Å²) in [5.74, 6) is -0.00777. The number of nitrogens with zero attached hydrogens (tertiary/aromatic N) is 1. The van der Waals surface area contributed by atoms with Gasteiger partial charge in [-0.15, -0.1) is 0 Å². The summed E-state index contributed by atoms with van der Waals surface area (Å²) < 4.78 is 0. The van der Waals surface area contributed by atoms with E-state index in [0.717, 1.165) is 18.7 Å². The molecule has 25 heavy (non-hydrogen) atoms. The van der Waals surface area contributed by atoms with E-state index in [1.807, 2.05) is 48.5 Å². The number of benzene rings is 2. The lowest BCUT2D eigenvalue weighted by atomic mass is 9.87. The summed E-state index contributed by atoms with van der Waals surface area (Å²) in [5, 5.41) is 2.92. The van der Waals surface area contributed by atoms with Crippen LogP contribution in [0.1, 0.15) is 49.5 Å². The molecule has 1 fully saturated rings. The predicted molar refractivity (Wildman–Crippen MR) is 101 cm³/mol. The Labute approximate surface area is 148 Å². The van der Waals surface area contributed by atoms with Crippen molar-refractivity contribution in [2.75, 3.05) is 16.8 Å². The second-order valence-corrected chi connectivity index (χ2v) is 7.48. The van der Waals surface area contributed by atoms with Crippen molar-refractivity contribution in [1.82, 2.24) is 0 Å². The van der Waals surface area contributed by atoms with Crippen molar-refractivity contribution in [3.8, 4) is 0 Å². The number of hydrogen-bond donors (Lipinski definition) is 1. The van der Waals surface area contributed by atoms with E-state index in [1.54, 1.807) is 4.90 Å². The van der Waals surface area contributed by atoms with Crippen molar-refractivity contribution in [1.29, 1.82) is 0 Å². The predicted octanol–water partition coefficient (Wildman–Crippen LogP) is 4.36. The molecule has 2 aromatic carbocycles. The van der Waals surface area contributed by atoms with E-state index >= 15 is 0 Å². The maximum absolute atomic E-state index is 12.5. The van der Waals surface area contributed by atoms with Crippen LogP contribution in [0.2, 0.25) is 0 Å². The molecular weight excluding hydrogens is 312 g/mol. The monoisotopic (exact) mass is 336 g/mol. The average Bonchev–Trinajstić information content (AvgIpc) is 3.00. The van der Waals surface area contributed by atoms with Gasteiger partial charge in [-0.1, -0.05) is 39.0 Å². The Morgan fingerprint density at radius 1 is 1.08 bits per heavy atom. The fourth-order valence-corrected chi connectivity index (χ4v) is 3.00. The molecule has 0 unspecified atom stereocenters. The third kappa shape index (κ3) is 3.90. The van der Waals surface area contributed by atoms with Gasteiger partial charge >= 0.3 is 0 Å². The maximum Gasteiger partial charge on any atom is 0.255 e. The quantitative estimate of drug-likeness (QED) is 0.905. The van der Waals surface area contributed by atoms with Gasteiger partial charge in [0.05, 0.1) is 0 Å². The van der Waals surface area contributed by atoms with Gasteiger partial charge in [-0.3, -0.25) is 9.59 Å². The second kappa shape index (κ2) is 6.71. The third-order valence-electron chi connectivity index (χ3n) is 4.50. The van der Waals surface area contributed by atoms with Crippen LogP contribution in [0.3, 0.4) is 0 Å². The van der Waals surface area contributed by atoms with E-state index in [1.165, 1.54) is 5.56 Å². The summed E-state index contributed by atoms with van der Waals surface area (Å²) in [5.41, 5.74) is 3.41. The SMILES string of the molecule is CC(C)(C)c1ccc(C(=O)Nc2cccc(N3CCCC3=O)c2)cc1. The first-order valence-corrected chi connectivity index (χ1v) is 8.67. The number of carbonyl (C=O) groups is 2. The lowest BCUT2D eigenvalue weighted by Crippen LogP contribution is -2.23. The van der Waals surface area contributed by atoms with Crippen molar-refractivity contribution in [3.05, 3.63) is 59.7 Å². The largest absolute Gasteiger partial charge is 0.322 e. The molecular formula is C21H24N2O2. The van der Waals surface area contributed by atoms with E-state index in [9.17, 15) is 9.59 Å². The molecule has 4 heteroatoms. The molecule has 130 valence electrons. The Morgan fingerprint density at radius 3 is 2.40 bits per heavy atom. The van der Waals surface area contributed by atoms with E-state index in [-0.39, 0.29) is 17.2 Å². The van der Waals surface area contributed by atoms with E-state index < -0.39 is 0 Å². The fourth-order valence-electron chi connectivity index (χ4n) is 3.00. The standard InChI is InChI=1S/C21H24N2O2/c1-21(2,3)16-11-9-15(10-12-16)20(25)22-17-6-4-7-18(14-17)23-13-5-8-19(23)24/h4,6-7,9-12,14H,5,8,13H2,1-3H3,(H,22,25). The lowest BCUT2D eigenvalue weighted by Gasteiger charge is -2.19. The first kappa shape index (κ1) is 17.2. The zero-order valence-corrected chi connectivity index (χ0v) is 15.0. The summed E-state index contributed by atoms with van der Waals surface area (Å²) in [4.78, 5) is 26.1. The molecule has 1 heterocycles. The van der Waals surface area contributed by atoms with Crippen molar-refractivity contribution < 1.29 is 9.59 Å². The van der Waals surface area contributed by atoms with Gasteiger partial charge in [0.25, 0.3) is 5.91 Å². The van der Waals surface area contributed by atoms with Gasteiger partial charge in [0.1, 0.15) is 0 Å². The highest BCUT2D eigenvalue weighted by Gasteiger charge is 2.22. The molecule has 1 aliphatic rings. The number of carbonyl (C=O) groups excluding carboxylic acids is 2. The van der Waals surface area contributed by atoms with Crippen molar-refractivity contribution in [2.24, 2.45) is 0 Å². The van der Waals surface area contributed by atoms with Crippen LogP contribution in [0.15, 0.2) is 48.5 Å². The first-order chi connectivity index (χ1) is 11.8. The van der Waals surface area contributed by atoms with Crippen LogP contribution in [0.5, 0.6) is 0 Å². The maximum atomic E-state index is 12.5. The molecule has 0 aliphatic carbocycles. The number of amides is 2. The molecule has 2 aromatic rings. The molecule has 1 aliphatic heterocycles. The number of nitrogens with one attached hydrogen (secondary N) is 1. The summed E-state index contributed by atoms with van der Waals surface area (Å²) in [6.07, 6.45) is 1.48. The van der Waals surface area contributed by atoms with Gasteiger partial charge in [-0.2, -0.15) is 0 Å². The number of rotatable bonds is 3. The molecule has 1 saturated heterocycles. The molecule has 0 saturated carbocycles. The van der Waals surface area contributed by atoms with Gasteiger partial charge in [0.15, 0.2) is 0 Å². The highest BCUT2D eigenvalue weighted by molar-refractivity contribution is 6.05. The van der Waals surface area contributed by atoms with Crippen LogP contribution in [0, 0.1) is 0 Å². The zero-order valence-electron chi connectivity index (χ0n) is 15.0. The normalized spacial score (nSPS) is 14.7. The zero-order chi connectivity index (χ0) is 18.0. The third-order valence-corrected chi connectivity index (χ3v) is 4.50. The average molecular weight is 336 g/mol. The molecule has 0 spiro atoms. The van der Waals surface area contributed by atoms with Crippen LogP contribution >= 0.6 is 0 Å². The second-order valence-electron chi connectivity index (χ2n) is 7.48. The first-order valence-electron chi connectivity index (χ1n) is 8.67. The fraction of sp³-hybridized carbons (Fsp3) is 0.333. The van der Waals surface area contributed by atoms with Crippen LogP contribution in [0.4, 0.5) is 11.4 Å². The van der Waals surface area contributed by atoms with Gasteiger partial charge in [0, 0.05) is 29.9 Å². The Morgan fingerprint density at radius 2 is 1.80 bits per heavy atom. The molecule has 0 atom stereocenters. The van der Waals surface area contributed by atoms with Gasteiger partial charge in [-0.25, -0.2) is 0 Å². The Hall–Kier alpha value is -2.62. The molecule has 3 rings (SSSR count). The van der Waals surface area contributed by atoms with Crippen molar-refractivity contribution in [2.45, 2.75) is 39.0 Å². The van der Waals surface area contributed by atoms with Crippen LogP contribution < -0.4 is 10.2 Å². The minimum atomic E-state index is -0.148. The number of hydrogen-bond acceptors (Lipinski definition) is 2. The topological polar surface area (TPSA) is 49.4 Å². The van der Waals surface area contributed by atoms with Crippen molar-refractivity contribution >= 4 is 23.2 Å². The van der Waals surface area contributed by atoms with Crippen LogP contribution in [-0.2, 0) is 10.2 Å². The molecule has 0 bridgehead atoms. The van der Waals surface area contributed by atoms with Gasteiger partial charge in [0.2, 0.25) is 5.91 Å². The Bertz CT molecular complexity index is 788. The molecule has 4 nitrogen and oxygen atoms in total. The van der Waals surface area contributed by atoms with Crippen LogP contribution in [0.25, 0.3) is 0 Å². The summed E-state index contributed by atoms with van der Waals surface area (Å²) in [7, 11) is 0. The molecule has 1 N–H and O–H groups in total. The minimum absolute atomic E-state index is 0.0611. The van der Waals surface area contributed by atoms with E-state index in [2.05, 4.69) is 26.1 Å². The highest BCUT2D eigenvalue weighted by atomic mass is 16.2. The van der Waals surface area contributed by atoms with Crippen LogP contribution in [-0.4, -0.2) is 18.4 Å². The summed E-state index contributed by atoms with van der Waals surface area (Å²) in [6.45, 7) is 7.18. The Kier molecular flexibility index (Phi) is 4.62. The molecule has 0 aromatic heterocycles. The van der Waals surface area contributed by atoms with E-state index in [4.69, 9.17) is 0 Å². The highest BCUT2D eigenvalue weighted by Crippen LogP contribution is 2.25. The minimum Gasteiger partial charge on any atom is -0.322 e. The summed E-state index contributed by atoms with van der Waals surface area (Å²) in [6, 6.07) is 15.1.